The highest BCUT2D eigenvalue weighted by Crippen LogP contribution is 2.30. The lowest BCUT2D eigenvalue weighted by molar-refractivity contribution is 0.396. The number of aromatic hydroxyl groups is 1. The van der Waals surface area contributed by atoms with Crippen molar-refractivity contribution in [2.75, 3.05) is 0 Å². The van der Waals surface area contributed by atoms with Crippen molar-refractivity contribution >= 4 is 12.2 Å². The lowest BCUT2D eigenvalue weighted by Crippen LogP contribution is -2.25. The van der Waals surface area contributed by atoms with Gasteiger partial charge in [-0.1, -0.05) is 30.3 Å². The number of nitrogens with zero attached hydrogens (tertiary/aromatic N) is 1. The van der Waals surface area contributed by atoms with Crippen LogP contribution in [0.5, 0.6) is 5.75 Å². The largest absolute Gasteiger partial charge is 0.503 e. The summed E-state index contributed by atoms with van der Waals surface area (Å²) in [6, 6.07) is 10.3. The highest BCUT2D eigenvalue weighted by atomic mass is 19.1. The van der Waals surface area contributed by atoms with Crippen LogP contribution in [0.25, 0.3) is 23.3 Å². The maximum atomic E-state index is 13.7. The number of halogens is 2. The predicted molar refractivity (Wildman–Crippen MR) is 94.8 cm³/mol. The smallest absolute Gasteiger partial charge is 0.326 e. The fourth-order valence-corrected chi connectivity index (χ4v) is 2.54. The third kappa shape index (κ3) is 3.52. The Morgan fingerprint density at radius 1 is 1.04 bits per heavy atom. The number of aromatic nitrogens is 2. The van der Waals surface area contributed by atoms with Gasteiger partial charge in [-0.25, -0.2) is 13.6 Å². The molecule has 0 aliphatic carbocycles. The van der Waals surface area contributed by atoms with E-state index < -0.39 is 28.6 Å². The first kappa shape index (κ1) is 17.8. The van der Waals surface area contributed by atoms with Gasteiger partial charge in [-0.05, 0) is 34.9 Å². The first-order valence-electron chi connectivity index (χ1n) is 7.63. The fraction of sp³-hybridized carbons (Fsp3) is 0. The van der Waals surface area contributed by atoms with Crippen molar-refractivity contribution < 1.29 is 13.9 Å². The number of H-pyrrole nitrogens is 2. The molecule has 0 saturated heterocycles. The molecule has 0 radical (unpaired) electrons. The van der Waals surface area contributed by atoms with E-state index in [4.69, 9.17) is 5.26 Å². The first-order valence-corrected chi connectivity index (χ1v) is 7.63. The molecule has 0 spiro atoms. The number of hydrogen-bond donors (Lipinski definition) is 3. The minimum absolute atomic E-state index is 0.00382. The molecule has 2 aromatic carbocycles. The van der Waals surface area contributed by atoms with Crippen molar-refractivity contribution in [3.63, 3.8) is 0 Å². The molecule has 0 bridgehead atoms. The summed E-state index contributed by atoms with van der Waals surface area (Å²) >= 11 is 0. The Morgan fingerprint density at radius 3 is 2.37 bits per heavy atom. The summed E-state index contributed by atoms with van der Waals surface area (Å²) in [7, 11) is 0. The Kier molecular flexibility index (Phi) is 4.68. The minimum Gasteiger partial charge on any atom is -0.503 e. The summed E-state index contributed by atoms with van der Waals surface area (Å²) in [6.07, 6.45) is 2.84. The van der Waals surface area contributed by atoms with E-state index in [1.54, 1.807) is 30.3 Å². The van der Waals surface area contributed by atoms with Crippen molar-refractivity contribution in [2.45, 2.75) is 0 Å². The van der Waals surface area contributed by atoms with Gasteiger partial charge in [-0.15, -0.1) is 0 Å². The number of aromatic amines is 2. The molecule has 3 rings (SSSR count). The molecule has 6 nitrogen and oxygen atoms in total. The van der Waals surface area contributed by atoms with Gasteiger partial charge < -0.3 is 10.1 Å². The molecule has 0 unspecified atom stereocenters. The fourth-order valence-electron chi connectivity index (χ4n) is 2.54. The Morgan fingerprint density at radius 2 is 1.70 bits per heavy atom. The molecular formula is C19H11F2N3O3. The normalized spacial score (nSPS) is 10.9. The van der Waals surface area contributed by atoms with Crippen molar-refractivity contribution in [3.05, 3.63) is 85.7 Å². The van der Waals surface area contributed by atoms with Gasteiger partial charge in [0.25, 0.3) is 5.56 Å². The van der Waals surface area contributed by atoms with E-state index in [0.29, 0.717) is 11.1 Å². The zero-order valence-electron chi connectivity index (χ0n) is 13.6. The molecule has 0 atom stereocenters. The molecule has 3 N–H and O–H groups in total. The Balaban J connectivity index is 2.12. The number of phenolic OH excluding ortho intramolecular Hbond substituents is 1. The van der Waals surface area contributed by atoms with E-state index >= 15 is 0 Å². The van der Waals surface area contributed by atoms with Gasteiger partial charge in [0.05, 0.1) is 5.69 Å². The van der Waals surface area contributed by atoms with Crippen LogP contribution in [0.3, 0.4) is 0 Å². The zero-order valence-corrected chi connectivity index (χ0v) is 13.6. The van der Waals surface area contributed by atoms with E-state index in [-0.39, 0.29) is 16.8 Å². The Labute approximate surface area is 150 Å². The summed E-state index contributed by atoms with van der Waals surface area (Å²) in [6.45, 7) is 0. The summed E-state index contributed by atoms with van der Waals surface area (Å²) in [5, 5.41) is 18.3. The van der Waals surface area contributed by atoms with Crippen LogP contribution in [0.15, 0.2) is 46.0 Å². The standard InChI is InChI=1S/C19H11F2N3O3/c20-14-7-11(8-15(21)17(14)25)12-4-2-1-3-10(12)5-6-16-13(9-22)18(26)24-19(27)23-16/h1-8,25H,(H2,23,24,26,27). The van der Waals surface area contributed by atoms with E-state index in [2.05, 4.69) is 4.98 Å². The van der Waals surface area contributed by atoms with E-state index in [1.165, 1.54) is 12.2 Å². The third-order valence-corrected chi connectivity index (χ3v) is 3.80. The van der Waals surface area contributed by atoms with Crippen LogP contribution in [0.2, 0.25) is 0 Å². The highest BCUT2D eigenvalue weighted by Gasteiger charge is 2.12. The van der Waals surface area contributed by atoms with Crippen molar-refractivity contribution in [1.82, 2.24) is 9.97 Å². The first-order chi connectivity index (χ1) is 12.9. The molecule has 0 aliphatic rings. The molecule has 1 aromatic heterocycles. The van der Waals surface area contributed by atoms with Gasteiger partial charge in [0.2, 0.25) is 0 Å². The summed E-state index contributed by atoms with van der Waals surface area (Å²) in [4.78, 5) is 27.4. The van der Waals surface area contributed by atoms with Crippen LogP contribution in [0.4, 0.5) is 8.78 Å². The van der Waals surface area contributed by atoms with Crippen LogP contribution in [-0.4, -0.2) is 15.1 Å². The third-order valence-electron chi connectivity index (χ3n) is 3.80. The van der Waals surface area contributed by atoms with Gasteiger partial charge >= 0.3 is 5.69 Å². The van der Waals surface area contributed by atoms with Crippen LogP contribution in [0.1, 0.15) is 16.8 Å². The maximum absolute atomic E-state index is 13.7. The van der Waals surface area contributed by atoms with Crippen molar-refractivity contribution in [2.24, 2.45) is 0 Å². The molecular weight excluding hydrogens is 356 g/mol. The van der Waals surface area contributed by atoms with Gasteiger partial charge in [0, 0.05) is 0 Å². The molecule has 8 heteroatoms. The van der Waals surface area contributed by atoms with Gasteiger partial charge in [-0.2, -0.15) is 5.26 Å². The van der Waals surface area contributed by atoms with Gasteiger partial charge in [0.15, 0.2) is 17.4 Å². The number of phenols is 1. The minimum atomic E-state index is -1.10. The molecule has 3 aromatic rings. The van der Waals surface area contributed by atoms with Gasteiger partial charge in [0.1, 0.15) is 11.6 Å². The summed E-state index contributed by atoms with van der Waals surface area (Å²) < 4.78 is 27.3. The van der Waals surface area contributed by atoms with E-state index in [0.717, 1.165) is 12.1 Å². The van der Waals surface area contributed by atoms with E-state index in [9.17, 15) is 23.5 Å². The molecule has 0 aliphatic heterocycles. The number of rotatable bonds is 3. The monoisotopic (exact) mass is 367 g/mol. The predicted octanol–water partition coefficient (Wildman–Crippen LogP) is 2.76. The molecule has 134 valence electrons. The summed E-state index contributed by atoms with van der Waals surface area (Å²) in [5.41, 5.74) is -0.729. The number of benzene rings is 2. The van der Waals surface area contributed by atoms with Crippen LogP contribution < -0.4 is 11.2 Å². The van der Waals surface area contributed by atoms with Crippen LogP contribution in [0, 0.1) is 23.0 Å². The van der Waals surface area contributed by atoms with Crippen LogP contribution in [-0.2, 0) is 0 Å². The lowest BCUT2D eigenvalue weighted by Gasteiger charge is -2.08. The second kappa shape index (κ2) is 7.09. The summed E-state index contributed by atoms with van der Waals surface area (Å²) in [5.74, 6) is -3.27. The van der Waals surface area contributed by atoms with E-state index in [1.807, 2.05) is 4.98 Å². The second-order valence-corrected chi connectivity index (χ2v) is 5.52. The molecule has 0 fully saturated rings. The number of nitrogens with one attached hydrogen (secondary N) is 2. The van der Waals surface area contributed by atoms with Crippen molar-refractivity contribution in [3.8, 4) is 22.9 Å². The lowest BCUT2D eigenvalue weighted by atomic mass is 9.98. The zero-order chi connectivity index (χ0) is 19.6. The Bertz CT molecular complexity index is 1200. The maximum Gasteiger partial charge on any atom is 0.326 e. The molecule has 1 heterocycles. The molecule has 0 amide bonds. The highest BCUT2D eigenvalue weighted by molar-refractivity contribution is 5.81. The Hall–Kier alpha value is -3.99. The average molecular weight is 367 g/mol. The number of nitriles is 1. The average Bonchev–Trinajstić information content (AvgIpc) is 2.64. The quantitative estimate of drug-likeness (QED) is 0.661. The SMILES string of the molecule is N#Cc1c(C=Cc2ccccc2-c2cc(F)c(O)c(F)c2)[nH]c(=O)[nH]c1=O. The number of hydrogen-bond acceptors (Lipinski definition) is 4. The van der Waals surface area contributed by atoms with Gasteiger partial charge in [-0.3, -0.25) is 9.78 Å². The van der Waals surface area contributed by atoms with Crippen LogP contribution >= 0.6 is 0 Å². The van der Waals surface area contributed by atoms with Crippen molar-refractivity contribution in [1.29, 1.82) is 5.26 Å². The second-order valence-electron chi connectivity index (χ2n) is 5.52. The molecule has 0 saturated carbocycles. The topological polar surface area (TPSA) is 110 Å². The molecule has 27 heavy (non-hydrogen) atoms.